The molecule has 3 heteroatoms. The minimum Gasteiger partial charge on any atom is -0.393 e. The van der Waals surface area contributed by atoms with Gasteiger partial charge in [0, 0.05) is 32.2 Å². The first-order chi connectivity index (χ1) is 10.5. The first-order valence-corrected chi connectivity index (χ1v) is 8.75. The standard InChI is InChI=1S/C19H32N2O/c1-15(2)12-16(3)20-13-17-6-4-5-7-18(17)14-21-10-8-19(22)9-11-21/h4-7,15-16,19-20,22H,8-14H2,1-3H3. The Bertz CT molecular complexity index is 439. The summed E-state index contributed by atoms with van der Waals surface area (Å²) in [5.41, 5.74) is 2.83. The van der Waals surface area contributed by atoms with Crippen LogP contribution in [0.1, 0.15) is 51.2 Å². The van der Waals surface area contributed by atoms with E-state index in [0.717, 1.165) is 44.9 Å². The lowest BCUT2D eigenvalue weighted by molar-refractivity contribution is 0.0791. The smallest absolute Gasteiger partial charge is 0.0564 e. The number of nitrogens with one attached hydrogen (secondary N) is 1. The van der Waals surface area contributed by atoms with Crippen LogP contribution in [-0.2, 0) is 13.1 Å². The maximum Gasteiger partial charge on any atom is 0.0564 e. The second-order valence-corrected chi connectivity index (χ2v) is 7.19. The number of aliphatic hydroxyl groups excluding tert-OH is 1. The summed E-state index contributed by atoms with van der Waals surface area (Å²) in [5, 5.41) is 13.3. The molecule has 1 atom stereocenters. The van der Waals surface area contributed by atoms with Crippen LogP contribution in [0.15, 0.2) is 24.3 Å². The van der Waals surface area contributed by atoms with Crippen LogP contribution in [0.2, 0.25) is 0 Å². The average Bonchev–Trinajstić information content (AvgIpc) is 2.48. The first-order valence-electron chi connectivity index (χ1n) is 8.75. The lowest BCUT2D eigenvalue weighted by atomic mass is 10.0. The molecule has 1 unspecified atom stereocenters. The number of hydrogen-bond donors (Lipinski definition) is 2. The summed E-state index contributed by atoms with van der Waals surface area (Å²) in [5.74, 6) is 0.734. The van der Waals surface area contributed by atoms with E-state index in [1.807, 2.05) is 0 Å². The van der Waals surface area contributed by atoms with Gasteiger partial charge in [-0.05, 0) is 43.2 Å². The van der Waals surface area contributed by atoms with Gasteiger partial charge in [0.25, 0.3) is 0 Å². The summed E-state index contributed by atoms with van der Waals surface area (Å²) < 4.78 is 0. The minimum absolute atomic E-state index is 0.0926. The zero-order chi connectivity index (χ0) is 15.9. The number of aliphatic hydroxyl groups is 1. The lowest BCUT2D eigenvalue weighted by Crippen LogP contribution is -2.35. The molecule has 0 radical (unpaired) electrons. The molecule has 0 saturated carbocycles. The van der Waals surface area contributed by atoms with E-state index in [0.29, 0.717) is 6.04 Å². The van der Waals surface area contributed by atoms with E-state index in [2.05, 4.69) is 55.3 Å². The highest BCUT2D eigenvalue weighted by atomic mass is 16.3. The molecule has 22 heavy (non-hydrogen) atoms. The highest BCUT2D eigenvalue weighted by molar-refractivity contribution is 5.27. The zero-order valence-corrected chi connectivity index (χ0v) is 14.4. The van der Waals surface area contributed by atoms with Crippen molar-refractivity contribution in [1.82, 2.24) is 10.2 Å². The SMILES string of the molecule is CC(C)CC(C)NCc1ccccc1CN1CCC(O)CC1. The van der Waals surface area contributed by atoms with E-state index < -0.39 is 0 Å². The number of hydrogen-bond acceptors (Lipinski definition) is 3. The molecule has 1 aliphatic heterocycles. The number of rotatable bonds is 7. The van der Waals surface area contributed by atoms with Crippen LogP contribution in [0.25, 0.3) is 0 Å². The minimum atomic E-state index is -0.0926. The lowest BCUT2D eigenvalue weighted by Gasteiger charge is -2.30. The van der Waals surface area contributed by atoms with Crippen LogP contribution in [0.5, 0.6) is 0 Å². The molecule has 1 aliphatic rings. The van der Waals surface area contributed by atoms with Gasteiger partial charge in [0.05, 0.1) is 6.10 Å². The summed E-state index contributed by atoms with van der Waals surface area (Å²) in [6.07, 6.45) is 2.94. The van der Waals surface area contributed by atoms with E-state index >= 15 is 0 Å². The van der Waals surface area contributed by atoms with Crippen molar-refractivity contribution in [3.05, 3.63) is 35.4 Å². The fourth-order valence-corrected chi connectivity index (χ4v) is 3.28. The molecule has 2 rings (SSSR count). The van der Waals surface area contributed by atoms with Gasteiger partial charge in [0.1, 0.15) is 0 Å². The average molecular weight is 304 g/mol. The predicted molar refractivity (Wildman–Crippen MR) is 92.7 cm³/mol. The van der Waals surface area contributed by atoms with Crippen molar-refractivity contribution in [3.63, 3.8) is 0 Å². The van der Waals surface area contributed by atoms with Gasteiger partial charge in [0.2, 0.25) is 0 Å². The molecule has 124 valence electrons. The highest BCUT2D eigenvalue weighted by Crippen LogP contribution is 2.17. The topological polar surface area (TPSA) is 35.5 Å². The largest absolute Gasteiger partial charge is 0.393 e. The molecule has 1 fully saturated rings. The normalized spacial score (nSPS) is 18.8. The first kappa shape index (κ1) is 17.5. The van der Waals surface area contributed by atoms with Gasteiger partial charge in [-0.3, -0.25) is 4.90 Å². The van der Waals surface area contributed by atoms with Gasteiger partial charge in [-0.2, -0.15) is 0 Å². The molecule has 0 bridgehead atoms. The Balaban J connectivity index is 1.89. The molecule has 1 saturated heterocycles. The van der Waals surface area contributed by atoms with Crippen LogP contribution in [-0.4, -0.2) is 35.2 Å². The molecule has 1 aromatic carbocycles. The fourth-order valence-electron chi connectivity index (χ4n) is 3.28. The Kier molecular flexibility index (Phi) is 6.87. The number of benzene rings is 1. The Morgan fingerprint density at radius 3 is 2.41 bits per heavy atom. The maximum atomic E-state index is 9.63. The van der Waals surface area contributed by atoms with Gasteiger partial charge in [-0.1, -0.05) is 38.1 Å². The van der Waals surface area contributed by atoms with Gasteiger partial charge >= 0.3 is 0 Å². The Labute approximate surface area is 135 Å². The monoisotopic (exact) mass is 304 g/mol. The third-order valence-corrected chi connectivity index (χ3v) is 4.54. The molecule has 0 amide bonds. The summed E-state index contributed by atoms with van der Waals surface area (Å²) in [7, 11) is 0. The second-order valence-electron chi connectivity index (χ2n) is 7.19. The summed E-state index contributed by atoms with van der Waals surface area (Å²) in [6, 6.07) is 9.31. The third-order valence-electron chi connectivity index (χ3n) is 4.54. The molecule has 0 spiro atoms. The van der Waals surface area contributed by atoms with E-state index in [4.69, 9.17) is 0 Å². The van der Waals surface area contributed by atoms with Crippen LogP contribution in [0.4, 0.5) is 0 Å². The summed E-state index contributed by atoms with van der Waals surface area (Å²) in [4.78, 5) is 2.46. The molecular weight excluding hydrogens is 272 g/mol. The van der Waals surface area contributed by atoms with Gasteiger partial charge < -0.3 is 10.4 Å². The second kappa shape index (κ2) is 8.66. The van der Waals surface area contributed by atoms with E-state index in [1.54, 1.807) is 0 Å². The van der Waals surface area contributed by atoms with Crippen molar-refractivity contribution in [1.29, 1.82) is 0 Å². The van der Waals surface area contributed by atoms with Gasteiger partial charge in [-0.25, -0.2) is 0 Å². The van der Waals surface area contributed by atoms with Crippen molar-refractivity contribution in [2.24, 2.45) is 5.92 Å². The summed E-state index contributed by atoms with van der Waals surface area (Å²) in [6.45, 7) is 10.8. The number of piperidine rings is 1. The zero-order valence-electron chi connectivity index (χ0n) is 14.4. The Hall–Kier alpha value is -0.900. The van der Waals surface area contributed by atoms with Crippen LogP contribution < -0.4 is 5.32 Å². The van der Waals surface area contributed by atoms with Crippen molar-refractivity contribution in [2.75, 3.05) is 13.1 Å². The highest BCUT2D eigenvalue weighted by Gasteiger charge is 2.17. The van der Waals surface area contributed by atoms with Crippen LogP contribution in [0, 0.1) is 5.92 Å². The van der Waals surface area contributed by atoms with Crippen molar-refractivity contribution >= 4 is 0 Å². The fraction of sp³-hybridized carbons (Fsp3) is 0.684. The quantitative estimate of drug-likeness (QED) is 0.812. The Morgan fingerprint density at radius 1 is 1.14 bits per heavy atom. The predicted octanol–water partition coefficient (Wildman–Crippen LogP) is 3.17. The molecule has 1 aromatic rings. The van der Waals surface area contributed by atoms with E-state index in [9.17, 15) is 5.11 Å². The van der Waals surface area contributed by atoms with Crippen LogP contribution in [0.3, 0.4) is 0 Å². The van der Waals surface area contributed by atoms with Gasteiger partial charge in [-0.15, -0.1) is 0 Å². The molecule has 1 heterocycles. The molecule has 0 aromatic heterocycles. The number of nitrogens with zero attached hydrogens (tertiary/aromatic N) is 1. The van der Waals surface area contributed by atoms with E-state index in [-0.39, 0.29) is 6.10 Å². The molecule has 0 aliphatic carbocycles. The summed E-state index contributed by atoms with van der Waals surface area (Å²) >= 11 is 0. The van der Waals surface area contributed by atoms with Crippen LogP contribution >= 0.6 is 0 Å². The maximum absolute atomic E-state index is 9.63. The number of likely N-dealkylation sites (tertiary alicyclic amines) is 1. The molecular formula is C19H32N2O. The van der Waals surface area contributed by atoms with Crippen molar-refractivity contribution in [3.8, 4) is 0 Å². The third kappa shape index (κ3) is 5.71. The van der Waals surface area contributed by atoms with Gasteiger partial charge in [0.15, 0.2) is 0 Å². The van der Waals surface area contributed by atoms with Crippen molar-refractivity contribution < 1.29 is 5.11 Å². The Morgan fingerprint density at radius 2 is 1.77 bits per heavy atom. The molecule has 3 nitrogen and oxygen atoms in total. The molecule has 2 N–H and O–H groups in total. The van der Waals surface area contributed by atoms with Crippen molar-refractivity contribution in [2.45, 2.75) is 65.3 Å². The van der Waals surface area contributed by atoms with E-state index in [1.165, 1.54) is 17.5 Å².